The third kappa shape index (κ3) is 6.47. The molecule has 1 aliphatic carbocycles. The van der Waals surface area contributed by atoms with Crippen LogP contribution >= 0.6 is 23.4 Å². The predicted octanol–water partition coefficient (Wildman–Crippen LogP) is 5.56. The van der Waals surface area contributed by atoms with Crippen molar-refractivity contribution < 1.29 is 23.8 Å². The van der Waals surface area contributed by atoms with Crippen molar-refractivity contribution in [2.24, 2.45) is 0 Å². The van der Waals surface area contributed by atoms with E-state index in [0.717, 1.165) is 17.2 Å². The molecule has 0 unspecified atom stereocenters. The molecule has 0 saturated heterocycles. The number of benzene rings is 2. The first-order chi connectivity index (χ1) is 17.3. The van der Waals surface area contributed by atoms with Gasteiger partial charge < -0.3 is 20.5 Å². The highest BCUT2D eigenvalue weighted by Crippen LogP contribution is 2.28. The number of ether oxygens (including phenoxy) is 1. The maximum atomic E-state index is 13.9. The highest BCUT2D eigenvalue weighted by Gasteiger charge is 2.26. The van der Waals surface area contributed by atoms with E-state index in [4.69, 9.17) is 16.3 Å². The Hall–Kier alpha value is -3.30. The Morgan fingerprint density at radius 2 is 1.69 bits per heavy atom. The Bertz CT molecular complexity index is 1270. The first-order valence-corrected chi connectivity index (χ1v) is 13.0. The van der Waals surface area contributed by atoms with Gasteiger partial charge in [0.05, 0.1) is 11.8 Å². The average Bonchev–Trinajstić information content (AvgIpc) is 2.87. The summed E-state index contributed by atoms with van der Waals surface area (Å²) in [4.78, 5) is 30.5. The van der Waals surface area contributed by atoms with Crippen LogP contribution in [0, 0.1) is 5.82 Å². The van der Waals surface area contributed by atoms with Crippen LogP contribution in [0.5, 0.6) is 17.4 Å². The molecule has 0 aliphatic heterocycles. The molecule has 0 radical (unpaired) electrons. The zero-order valence-electron chi connectivity index (χ0n) is 19.5. The van der Waals surface area contributed by atoms with E-state index in [1.165, 1.54) is 18.2 Å². The number of carbonyl (C=O) groups is 2. The number of phenolic OH excluding ortho intramolecular Hbond substituents is 1. The van der Waals surface area contributed by atoms with E-state index in [0.29, 0.717) is 36.5 Å². The summed E-state index contributed by atoms with van der Waals surface area (Å²) in [5.41, 5.74) is 0.128. The monoisotopic (exact) mass is 529 g/mol. The molecule has 2 aromatic carbocycles. The van der Waals surface area contributed by atoms with Crippen molar-refractivity contribution in [2.45, 2.75) is 42.7 Å². The first-order valence-electron chi connectivity index (χ1n) is 11.4. The van der Waals surface area contributed by atoms with Crippen LogP contribution in [0.2, 0.25) is 5.02 Å². The van der Waals surface area contributed by atoms with Crippen LogP contribution in [0.15, 0.2) is 59.6 Å². The van der Waals surface area contributed by atoms with Gasteiger partial charge >= 0.3 is 0 Å². The molecule has 0 atom stereocenters. The number of nitrogens with zero attached hydrogens (tertiary/aromatic N) is 1. The SMILES string of the molecule is CSc1cccc(Oc2ncc(F)cc2C(=O)NC2CCC(NC(=O)c3cc(Cl)ccc3O)CC2)c1. The Morgan fingerprint density at radius 1 is 1.03 bits per heavy atom. The Kier molecular flexibility index (Phi) is 8.32. The fourth-order valence-corrected chi connectivity index (χ4v) is 4.67. The van der Waals surface area contributed by atoms with Gasteiger partial charge in [-0.25, -0.2) is 9.37 Å². The molecule has 0 bridgehead atoms. The molecule has 188 valence electrons. The van der Waals surface area contributed by atoms with Gasteiger partial charge in [-0.05, 0) is 74.4 Å². The molecule has 2 amide bonds. The number of rotatable bonds is 7. The lowest BCUT2D eigenvalue weighted by Crippen LogP contribution is -2.43. The molecule has 36 heavy (non-hydrogen) atoms. The minimum Gasteiger partial charge on any atom is -0.507 e. The summed E-state index contributed by atoms with van der Waals surface area (Å²) in [7, 11) is 0. The maximum absolute atomic E-state index is 13.9. The molecule has 4 rings (SSSR count). The Balaban J connectivity index is 1.36. The van der Waals surface area contributed by atoms with Crippen molar-refractivity contribution in [3.8, 4) is 17.4 Å². The van der Waals surface area contributed by atoms with Crippen molar-refractivity contribution in [3.63, 3.8) is 0 Å². The average molecular weight is 530 g/mol. The highest BCUT2D eigenvalue weighted by molar-refractivity contribution is 7.98. The number of pyridine rings is 1. The second kappa shape index (κ2) is 11.6. The van der Waals surface area contributed by atoms with Gasteiger partial charge in [0.1, 0.15) is 22.9 Å². The normalized spacial score (nSPS) is 17.3. The number of carbonyl (C=O) groups excluding carboxylic acids is 2. The molecule has 3 aromatic rings. The van der Waals surface area contributed by atoms with Gasteiger partial charge in [-0.1, -0.05) is 17.7 Å². The van der Waals surface area contributed by atoms with Crippen LogP contribution in [0.25, 0.3) is 0 Å². The minimum absolute atomic E-state index is 0.0106. The zero-order valence-corrected chi connectivity index (χ0v) is 21.0. The van der Waals surface area contributed by atoms with Crippen LogP contribution in [-0.2, 0) is 0 Å². The highest BCUT2D eigenvalue weighted by atomic mass is 35.5. The summed E-state index contributed by atoms with van der Waals surface area (Å²) in [6.07, 6.45) is 5.44. The lowest BCUT2D eigenvalue weighted by atomic mass is 9.90. The van der Waals surface area contributed by atoms with Gasteiger partial charge in [0, 0.05) is 22.0 Å². The molecule has 1 saturated carbocycles. The number of amides is 2. The molecule has 3 N–H and O–H groups in total. The van der Waals surface area contributed by atoms with Crippen LogP contribution in [0.3, 0.4) is 0 Å². The Morgan fingerprint density at radius 3 is 2.36 bits per heavy atom. The fraction of sp³-hybridized carbons (Fsp3) is 0.269. The maximum Gasteiger partial charge on any atom is 0.257 e. The van der Waals surface area contributed by atoms with E-state index in [1.54, 1.807) is 17.8 Å². The number of halogens is 2. The van der Waals surface area contributed by atoms with E-state index in [9.17, 15) is 19.1 Å². The molecule has 1 aliphatic rings. The quantitative estimate of drug-likeness (QED) is 0.346. The van der Waals surface area contributed by atoms with Gasteiger partial charge in [-0.15, -0.1) is 11.8 Å². The Labute approximate surface area is 217 Å². The van der Waals surface area contributed by atoms with Gasteiger partial charge in [-0.3, -0.25) is 9.59 Å². The molecule has 0 spiro atoms. The van der Waals surface area contributed by atoms with Gasteiger partial charge in [-0.2, -0.15) is 0 Å². The summed E-state index contributed by atoms with van der Waals surface area (Å²) in [5.74, 6) is -1.14. The summed E-state index contributed by atoms with van der Waals surface area (Å²) in [6.45, 7) is 0. The second-order valence-corrected chi connectivity index (χ2v) is 9.76. The lowest BCUT2D eigenvalue weighted by molar-refractivity contribution is 0.0888. The van der Waals surface area contributed by atoms with Crippen molar-refractivity contribution in [3.05, 3.63) is 76.7 Å². The first kappa shape index (κ1) is 25.8. The summed E-state index contributed by atoms with van der Waals surface area (Å²) >= 11 is 7.48. The van der Waals surface area contributed by atoms with Crippen molar-refractivity contribution >= 4 is 35.2 Å². The van der Waals surface area contributed by atoms with Crippen molar-refractivity contribution in [2.75, 3.05) is 6.26 Å². The number of aromatic nitrogens is 1. The number of thioether (sulfide) groups is 1. The van der Waals surface area contributed by atoms with Crippen LogP contribution in [0.4, 0.5) is 4.39 Å². The van der Waals surface area contributed by atoms with E-state index in [-0.39, 0.29) is 34.8 Å². The number of aromatic hydroxyl groups is 1. The smallest absolute Gasteiger partial charge is 0.257 e. The van der Waals surface area contributed by atoms with Crippen LogP contribution in [-0.4, -0.2) is 40.2 Å². The summed E-state index contributed by atoms with van der Waals surface area (Å²) in [5, 5.41) is 16.1. The zero-order chi connectivity index (χ0) is 25.7. The minimum atomic E-state index is -0.638. The van der Waals surface area contributed by atoms with Gasteiger partial charge in [0.2, 0.25) is 5.88 Å². The largest absolute Gasteiger partial charge is 0.507 e. The molecule has 1 heterocycles. The number of hydrogen-bond acceptors (Lipinski definition) is 6. The summed E-state index contributed by atoms with van der Waals surface area (Å²) in [6, 6.07) is 12.5. The van der Waals surface area contributed by atoms with E-state index in [1.807, 2.05) is 24.5 Å². The number of phenols is 1. The topological polar surface area (TPSA) is 101 Å². The number of nitrogens with one attached hydrogen (secondary N) is 2. The van der Waals surface area contributed by atoms with Crippen molar-refractivity contribution in [1.82, 2.24) is 15.6 Å². The molecule has 10 heteroatoms. The van der Waals surface area contributed by atoms with E-state index >= 15 is 0 Å². The third-order valence-electron chi connectivity index (χ3n) is 5.92. The fourth-order valence-electron chi connectivity index (χ4n) is 4.05. The third-order valence-corrected chi connectivity index (χ3v) is 6.88. The number of hydrogen-bond donors (Lipinski definition) is 3. The molecular formula is C26H25ClFN3O4S. The second-order valence-electron chi connectivity index (χ2n) is 8.44. The summed E-state index contributed by atoms with van der Waals surface area (Å²) < 4.78 is 19.8. The van der Waals surface area contributed by atoms with Crippen molar-refractivity contribution in [1.29, 1.82) is 0 Å². The predicted molar refractivity (Wildman–Crippen MR) is 137 cm³/mol. The molecule has 7 nitrogen and oxygen atoms in total. The van der Waals surface area contributed by atoms with Crippen LogP contribution < -0.4 is 15.4 Å². The van der Waals surface area contributed by atoms with E-state index < -0.39 is 17.6 Å². The lowest BCUT2D eigenvalue weighted by Gasteiger charge is -2.30. The van der Waals surface area contributed by atoms with E-state index in [2.05, 4.69) is 15.6 Å². The van der Waals surface area contributed by atoms with Gasteiger partial charge in [0.25, 0.3) is 11.8 Å². The van der Waals surface area contributed by atoms with Crippen LogP contribution in [0.1, 0.15) is 46.4 Å². The molecule has 1 fully saturated rings. The molecular weight excluding hydrogens is 505 g/mol. The molecule has 1 aromatic heterocycles. The van der Waals surface area contributed by atoms with Gasteiger partial charge in [0.15, 0.2) is 0 Å². The standard InChI is InChI=1S/C26H25ClFN3O4S/c1-36-20-4-2-3-19(13-20)35-26-22(12-16(28)14-29-26)25(34)31-18-8-6-17(7-9-18)30-24(33)21-11-15(27)5-10-23(21)32/h2-5,10-14,17-18,32H,6-9H2,1H3,(H,30,33)(H,31,34).